The summed E-state index contributed by atoms with van der Waals surface area (Å²) in [4.78, 5) is 0.247. The Morgan fingerprint density at radius 2 is 2.09 bits per heavy atom. The van der Waals surface area contributed by atoms with Crippen molar-refractivity contribution in [3.63, 3.8) is 0 Å². The van der Waals surface area contributed by atoms with Gasteiger partial charge in [-0.1, -0.05) is 0 Å². The molecule has 1 saturated heterocycles. The Balaban J connectivity index is 0.00000264. The van der Waals surface area contributed by atoms with Gasteiger partial charge >= 0.3 is 0 Å². The highest BCUT2D eigenvalue weighted by Crippen LogP contribution is 2.23. The fourth-order valence-corrected chi connectivity index (χ4v) is 4.02. The van der Waals surface area contributed by atoms with E-state index in [-0.39, 0.29) is 22.8 Å². The summed E-state index contributed by atoms with van der Waals surface area (Å²) in [6.45, 7) is 3.50. The Bertz CT molecular complexity index is 616. The molecule has 0 aromatic heterocycles. The molecule has 1 aliphatic heterocycles. The van der Waals surface area contributed by atoms with Crippen LogP contribution in [0, 0.1) is 6.92 Å². The minimum atomic E-state index is -3.55. The molecular weight excluding hydrogens is 340 g/mol. The minimum absolute atomic E-state index is 0. The molecule has 0 aliphatic carbocycles. The first-order valence-electron chi connectivity index (χ1n) is 7.31. The van der Waals surface area contributed by atoms with E-state index in [4.69, 9.17) is 9.47 Å². The van der Waals surface area contributed by atoms with Crippen LogP contribution in [0.4, 0.5) is 0 Å². The van der Waals surface area contributed by atoms with Crippen molar-refractivity contribution in [3.8, 4) is 5.75 Å². The number of nitrogens with one attached hydrogen (secondary N) is 2. The number of halogens is 1. The van der Waals surface area contributed by atoms with Gasteiger partial charge < -0.3 is 14.8 Å². The number of hydrogen-bond donors (Lipinski definition) is 2. The molecule has 0 bridgehead atoms. The summed E-state index contributed by atoms with van der Waals surface area (Å²) in [5.74, 6) is 0.673. The smallest absolute Gasteiger partial charge is 0.240 e. The summed E-state index contributed by atoms with van der Waals surface area (Å²) < 4.78 is 38.0. The second-order valence-corrected chi connectivity index (χ2v) is 7.47. The number of sulfonamides is 1. The summed E-state index contributed by atoms with van der Waals surface area (Å²) in [7, 11) is -0.360. The lowest BCUT2D eigenvalue weighted by Gasteiger charge is -2.28. The van der Waals surface area contributed by atoms with Gasteiger partial charge in [0.15, 0.2) is 0 Å². The zero-order chi connectivity index (χ0) is 16.2. The van der Waals surface area contributed by atoms with Gasteiger partial charge in [0.1, 0.15) is 5.75 Å². The lowest BCUT2D eigenvalue weighted by Crippen LogP contribution is -2.52. The molecule has 0 radical (unpaired) electrons. The Morgan fingerprint density at radius 3 is 2.61 bits per heavy atom. The van der Waals surface area contributed by atoms with Crippen molar-refractivity contribution in [3.05, 3.63) is 23.8 Å². The first kappa shape index (κ1) is 20.2. The van der Waals surface area contributed by atoms with Gasteiger partial charge in [-0.3, -0.25) is 0 Å². The van der Waals surface area contributed by atoms with Crippen molar-refractivity contribution in [2.75, 3.05) is 33.9 Å². The Hall–Kier alpha value is -0.860. The van der Waals surface area contributed by atoms with Crippen molar-refractivity contribution in [2.45, 2.75) is 30.2 Å². The third kappa shape index (κ3) is 4.81. The van der Waals surface area contributed by atoms with Gasteiger partial charge in [0, 0.05) is 13.7 Å². The summed E-state index contributed by atoms with van der Waals surface area (Å²) in [5.41, 5.74) is 0.472. The van der Waals surface area contributed by atoms with Crippen LogP contribution in [0.5, 0.6) is 5.75 Å². The highest BCUT2D eigenvalue weighted by Gasteiger charge is 2.34. The predicted molar refractivity (Wildman–Crippen MR) is 92.0 cm³/mol. The zero-order valence-corrected chi connectivity index (χ0v) is 15.4. The molecule has 132 valence electrons. The zero-order valence-electron chi connectivity index (χ0n) is 13.7. The second-order valence-electron chi connectivity index (χ2n) is 5.70. The van der Waals surface area contributed by atoms with E-state index in [0.29, 0.717) is 18.9 Å². The third-order valence-electron chi connectivity index (χ3n) is 4.03. The fraction of sp³-hybridized carbons (Fsp3) is 0.600. The van der Waals surface area contributed by atoms with Gasteiger partial charge in [-0.2, -0.15) is 0 Å². The van der Waals surface area contributed by atoms with E-state index >= 15 is 0 Å². The molecule has 1 heterocycles. The van der Waals surface area contributed by atoms with Crippen LogP contribution < -0.4 is 14.8 Å². The van der Waals surface area contributed by atoms with Crippen LogP contribution in [0.2, 0.25) is 0 Å². The van der Waals surface area contributed by atoms with E-state index in [2.05, 4.69) is 10.0 Å². The fourth-order valence-electron chi connectivity index (χ4n) is 2.80. The average Bonchev–Trinajstić information content (AvgIpc) is 2.95. The molecule has 1 aromatic carbocycles. The first-order valence-corrected chi connectivity index (χ1v) is 8.79. The van der Waals surface area contributed by atoms with Crippen molar-refractivity contribution in [1.29, 1.82) is 0 Å². The lowest BCUT2D eigenvalue weighted by molar-refractivity contribution is 0.122. The molecule has 1 atom stereocenters. The van der Waals surface area contributed by atoms with Gasteiger partial charge in [-0.15, -0.1) is 12.4 Å². The standard InChI is InChI=1S/C15H24N2O4S.ClH/c1-12-9-13(5-6-14(12)21-3)22(18,19)17-10-15(11-20-2)7-4-8-16-15;/h5-6,9,16-17H,4,7-8,10-11H2,1-3H3;1H. The van der Waals surface area contributed by atoms with E-state index in [1.165, 1.54) is 0 Å². The largest absolute Gasteiger partial charge is 0.496 e. The molecule has 1 fully saturated rings. The Kier molecular flexibility index (Phi) is 7.29. The van der Waals surface area contributed by atoms with E-state index in [0.717, 1.165) is 24.9 Å². The maximum atomic E-state index is 12.5. The summed E-state index contributed by atoms with van der Waals surface area (Å²) in [6, 6.07) is 4.84. The molecule has 1 aliphatic rings. The lowest BCUT2D eigenvalue weighted by atomic mass is 9.99. The first-order chi connectivity index (χ1) is 10.4. The molecule has 8 heteroatoms. The van der Waals surface area contributed by atoms with Gasteiger partial charge in [0.2, 0.25) is 10.0 Å². The Morgan fingerprint density at radius 1 is 1.35 bits per heavy atom. The number of hydrogen-bond acceptors (Lipinski definition) is 5. The normalized spacial score (nSPS) is 21.0. The van der Waals surface area contributed by atoms with E-state index in [9.17, 15) is 8.42 Å². The van der Waals surface area contributed by atoms with Gasteiger partial charge in [-0.05, 0) is 50.1 Å². The van der Waals surface area contributed by atoms with Crippen LogP contribution in [0.1, 0.15) is 18.4 Å². The number of ether oxygens (including phenoxy) is 2. The quantitative estimate of drug-likeness (QED) is 0.766. The van der Waals surface area contributed by atoms with Crippen molar-refractivity contribution >= 4 is 22.4 Å². The minimum Gasteiger partial charge on any atom is -0.496 e. The number of aryl methyl sites for hydroxylation is 1. The molecule has 2 rings (SSSR count). The number of methoxy groups -OCH3 is 2. The van der Waals surface area contributed by atoms with Crippen LogP contribution in [0.15, 0.2) is 23.1 Å². The molecule has 1 unspecified atom stereocenters. The third-order valence-corrected chi connectivity index (χ3v) is 5.43. The van der Waals surface area contributed by atoms with Gasteiger partial charge in [0.25, 0.3) is 0 Å². The van der Waals surface area contributed by atoms with Crippen molar-refractivity contribution in [1.82, 2.24) is 10.0 Å². The molecule has 23 heavy (non-hydrogen) atoms. The maximum absolute atomic E-state index is 12.5. The molecule has 0 spiro atoms. The van der Waals surface area contributed by atoms with Crippen LogP contribution >= 0.6 is 12.4 Å². The second kappa shape index (κ2) is 8.30. The molecule has 2 N–H and O–H groups in total. The SMILES string of the molecule is COCC1(CNS(=O)(=O)c2ccc(OC)c(C)c2)CCCN1.Cl. The van der Waals surface area contributed by atoms with Crippen molar-refractivity contribution < 1.29 is 17.9 Å². The number of benzene rings is 1. The van der Waals surface area contributed by atoms with Crippen molar-refractivity contribution in [2.24, 2.45) is 0 Å². The maximum Gasteiger partial charge on any atom is 0.240 e. The monoisotopic (exact) mass is 364 g/mol. The van der Waals surface area contributed by atoms with E-state index in [1.54, 1.807) is 32.4 Å². The van der Waals surface area contributed by atoms with Crippen LogP contribution in [0.25, 0.3) is 0 Å². The molecular formula is C15H25ClN2O4S. The predicted octanol–water partition coefficient (Wildman–Crippen LogP) is 1.47. The molecule has 0 amide bonds. The van der Waals surface area contributed by atoms with Crippen LogP contribution in [-0.4, -0.2) is 47.9 Å². The molecule has 6 nitrogen and oxygen atoms in total. The summed E-state index contributed by atoms with van der Waals surface area (Å²) >= 11 is 0. The van der Waals surface area contributed by atoms with Crippen LogP contribution in [0.3, 0.4) is 0 Å². The average molecular weight is 365 g/mol. The van der Waals surface area contributed by atoms with E-state index in [1.807, 2.05) is 6.92 Å². The Labute approximate surface area is 144 Å². The summed E-state index contributed by atoms with van der Waals surface area (Å²) in [5, 5.41) is 3.35. The highest BCUT2D eigenvalue weighted by atomic mass is 35.5. The van der Waals surface area contributed by atoms with Gasteiger partial charge in [-0.25, -0.2) is 13.1 Å². The summed E-state index contributed by atoms with van der Waals surface area (Å²) in [6.07, 6.45) is 1.91. The van der Waals surface area contributed by atoms with Gasteiger partial charge in [0.05, 0.1) is 24.2 Å². The highest BCUT2D eigenvalue weighted by molar-refractivity contribution is 7.89. The number of rotatable bonds is 7. The van der Waals surface area contributed by atoms with Crippen LogP contribution in [-0.2, 0) is 14.8 Å². The molecule has 0 saturated carbocycles. The van der Waals surface area contributed by atoms with E-state index < -0.39 is 10.0 Å². The topological polar surface area (TPSA) is 76.7 Å². The molecule has 1 aromatic rings.